The third kappa shape index (κ3) is 3.03. The predicted molar refractivity (Wildman–Crippen MR) is 112 cm³/mol. The Morgan fingerprint density at radius 1 is 1.14 bits per heavy atom. The number of hydrogen-bond donors (Lipinski definition) is 0. The minimum Gasteiger partial charge on any atom is -0.495 e. The van der Waals surface area contributed by atoms with Crippen molar-refractivity contribution in [3.63, 3.8) is 0 Å². The largest absolute Gasteiger partial charge is 0.495 e. The number of carbonyl (C=O) groups is 1. The Morgan fingerprint density at radius 3 is 2.48 bits per heavy atom. The molecule has 1 saturated heterocycles. The molecule has 0 aliphatic carbocycles. The van der Waals surface area contributed by atoms with Gasteiger partial charge in [-0.2, -0.15) is 4.31 Å². The lowest BCUT2D eigenvalue weighted by Gasteiger charge is -2.38. The summed E-state index contributed by atoms with van der Waals surface area (Å²) in [5.74, 6) is 0.327. The average Bonchev–Trinajstić information content (AvgIpc) is 2.96. The van der Waals surface area contributed by atoms with Gasteiger partial charge in [-0.25, -0.2) is 8.42 Å². The van der Waals surface area contributed by atoms with E-state index >= 15 is 0 Å². The summed E-state index contributed by atoms with van der Waals surface area (Å²) in [5, 5.41) is 0.330. The normalized spacial score (nSPS) is 18.9. The van der Waals surface area contributed by atoms with Crippen molar-refractivity contribution in [3.05, 3.63) is 53.1 Å². The number of amides is 1. The van der Waals surface area contributed by atoms with Gasteiger partial charge in [0, 0.05) is 30.3 Å². The van der Waals surface area contributed by atoms with E-state index in [0.717, 1.165) is 11.3 Å². The van der Waals surface area contributed by atoms with E-state index in [2.05, 4.69) is 0 Å². The molecule has 2 aromatic carbocycles. The van der Waals surface area contributed by atoms with Crippen LogP contribution in [0.2, 0.25) is 5.02 Å². The molecule has 1 spiro atoms. The summed E-state index contributed by atoms with van der Waals surface area (Å²) in [4.78, 5) is 15.1. The van der Waals surface area contributed by atoms with Crippen molar-refractivity contribution in [3.8, 4) is 5.75 Å². The number of nitrogens with zero attached hydrogens (tertiary/aromatic N) is 2. The number of methoxy groups -OCH3 is 1. The number of carbonyl (C=O) groups excluding carboxylic acids is 1. The average molecular weight is 435 g/mol. The van der Waals surface area contributed by atoms with Gasteiger partial charge in [0.1, 0.15) is 10.6 Å². The molecule has 6 nitrogen and oxygen atoms in total. The van der Waals surface area contributed by atoms with Crippen molar-refractivity contribution in [2.45, 2.75) is 30.1 Å². The molecular weight excluding hydrogens is 412 g/mol. The molecule has 2 aliphatic rings. The van der Waals surface area contributed by atoms with Crippen LogP contribution in [0, 0.1) is 0 Å². The van der Waals surface area contributed by atoms with E-state index in [4.69, 9.17) is 16.3 Å². The van der Waals surface area contributed by atoms with Crippen LogP contribution < -0.4 is 9.64 Å². The number of benzene rings is 2. The number of para-hydroxylation sites is 1. The highest BCUT2D eigenvalue weighted by atomic mass is 35.5. The Bertz CT molecular complexity index is 1060. The molecule has 0 atom stereocenters. The molecule has 0 radical (unpaired) electrons. The molecule has 1 fully saturated rings. The zero-order valence-corrected chi connectivity index (χ0v) is 18.0. The summed E-state index contributed by atoms with van der Waals surface area (Å²) in [6.45, 7) is 3.07. The van der Waals surface area contributed by atoms with Crippen LogP contribution in [0.1, 0.15) is 25.3 Å². The van der Waals surface area contributed by atoms with Crippen molar-refractivity contribution >= 4 is 33.2 Å². The van der Waals surface area contributed by atoms with E-state index in [9.17, 15) is 13.2 Å². The second-order valence-electron chi connectivity index (χ2n) is 7.35. The fourth-order valence-electron chi connectivity index (χ4n) is 4.49. The van der Waals surface area contributed by atoms with Crippen molar-refractivity contribution in [2.75, 3.05) is 31.6 Å². The minimum atomic E-state index is -3.79. The van der Waals surface area contributed by atoms with Crippen LogP contribution in [-0.4, -0.2) is 45.4 Å². The molecule has 1 amide bonds. The maximum absolute atomic E-state index is 13.3. The highest BCUT2D eigenvalue weighted by Crippen LogP contribution is 2.48. The molecular formula is C21H23ClN2O4S. The number of ether oxygens (including phenoxy) is 1. The Morgan fingerprint density at radius 2 is 1.83 bits per heavy atom. The quantitative estimate of drug-likeness (QED) is 0.739. The molecule has 0 N–H and O–H groups in total. The zero-order valence-electron chi connectivity index (χ0n) is 16.4. The fraction of sp³-hybridized carbons (Fsp3) is 0.381. The molecule has 0 aromatic heterocycles. The number of anilines is 1. The molecule has 2 aliphatic heterocycles. The predicted octanol–water partition coefficient (Wildman–Crippen LogP) is 3.44. The van der Waals surface area contributed by atoms with Gasteiger partial charge in [-0.3, -0.25) is 4.79 Å². The van der Waals surface area contributed by atoms with Gasteiger partial charge in [0.25, 0.3) is 0 Å². The highest BCUT2D eigenvalue weighted by molar-refractivity contribution is 7.89. The minimum absolute atomic E-state index is 0.0526. The standard InChI is InChI=1S/C21H23ClN2O4S/c1-3-24-17-7-5-4-6-16(17)21(20(24)25)10-12-23(13-11-21)29(26,27)19-14-15(22)8-9-18(19)28-2/h4-9,14H,3,10-13H2,1-2H3. The number of piperidine rings is 1. The van der Waals surface area contributed by atoms with Gasteiger partial charge < -0.3 is 9.64 Å². The van der Waals surface area contributed by atoms with Gasteiger partial charge in [-0.15, -0.1) is 0 Å². The lowest BCUT2D eigenvalue weighted by molar-refractivity contribution is -0.124. The first-order valence-corrected chi connectivity index (χ1v) is 11.4. The molecule has 2 aromatic rings. The Kier molecular flexibility index (Phi) is 5.09. The second kappa shape index (κ2) is 7.31. The smallest absolute Gasteiger partial charge is 0.246 e. The van der Waals surface area contributed by atoms with E-state index < -0.39 is 15.4 Å². The van der Waals surface area contributed by atoms with Gasteiger partial charge in [0.05, 0.1) is 12.5 Å². The zero-order chi connectivity index (χ0) is 20.8. The molecule has 4 rings (SSSR count). The summed E-state index contributed by atoms with van der Waals surface area (Å²) in [6, 6.07) is 12.4. The first kappa shape index (κ1) is 20.2. The number of likely N-dealkylation sites (N-methyl/N-ethyl adjacent to an activating group) is 1. The van der Waals surface area contributed by atoms with Gasteiger partial charge >= 0.3 is 0 Å². The van der Waals surface area contributed by atoms with Crippen molar-refractivity contribution in [2.24, 2.45) is 0 Å². The summed E-state index contributed by atoms with van der Waals surface area (Å²) in [6.07, 6.45) is 0.892. The third-order valence-corrected chi connectivity index (χ3v) is 8.16. The molecule has 0 unspecified atom stereocenters. The third-order valence-electron chi connectivity index (χ3n) is 6.00. The van der Waals surface area contributed by atoms with E-state index in [-0.39, 0.29) is 29.6 Å². The summed E-state index contributed by atoms with van der Waals surface area (Å²) >= 11 is 6.04. The first-order chi connectivity index (χ1) is 13.8. The van der Waals surface area contributed by atoms with E-state index in [0.29, 0.717) is 24.4 Å². The number of fused-ring (bicyclic) bond motifs is 2. The topological polar surface area (TPSA) is 66.9 Å². The Labute approximate surface area is 176 Å². The van der Waals surface area contributed by atoms with Gasteiger partial charge in [0.15, 0.2) is 0 Å². The van der Waals surface area contributed by atoms with Crippen LogP contribution in [0.4, 0.5) is 5.69 Å². The highest BCUT2D eigenvalue weighted by Gasteiger charge is 2.52. The van der Waals surface area contributed by atoms with Crippen LogP contribution >= 0.6 is 11.6 Å². The van der Waals surface area contributed by atoms with Crippen LogP contribution in [0.15, 0.2) is 47.4 Å². The number of halogens is 1. The molecule has 0 bridgehead atoms. The molecule has 2 heterocycles. The summed E-state index contributed by atoms with van der Waals surface area (Å²) < 4.78 is 33.2. The van der Waals surface area contributed by atoms with E-state index in [1.807, 2.05) is 31.2 Å². The fourth-order valence-corrected chi connectivity index (χ4v) is 6.35. The van der Waals surface area contributed by atoms with Gasteiger partial charge in [-0.05, 0) is 49.6 Å². The van der Waals surface area contributed by atoms with Gasteiger partial charge in [0.2, 0.25) is 15.9 Å². The van der Waals surface area contributed by atoms with Gasteiger partial charge in [-0.1, -0.05) is 29.8 Å². The first-order valence-electron chi connectivity index (χ1n) is 9.60. The Hall–Kier alpha value is -2.09. The molecule has 29 heavy (non-hydrogen) atoms. The molecule has 154 valence electrons. The Balaban J connectivity index is 1.65. The number of hydrogen-bond acceptors (Lipinski definition) is 4. The van der Waals surface area contributed by atoms with Crippen LogP contribution in [0.3, 0.4) is 0 Å². The van der Waals surface area contributed by atoms with E-state index in [1.54, 1.807) is 17.0 Å². The van der Waals surface area contributed by atoms with Crippen molar-refractivity contribution < 1.29 is 17.9 Å². The second-order valence-corrected chi connectivity index (χ2v) is 9.69. The van der Waals surface area contributed by atoms with Crippen LogP contribution in [0.5, 0.6) is 5.75 Å². The molecule has 0 saturated carbocycles. The van der Waals surface area contributed by atoms with Crippen molar-refractivity contribution in [1.82, 2.24) is 4.31 Å². The van der Waals surface area contributed by atoms with E-state index in [1.165, 1.54) is 17.5 Å². The van der Waals surface area contributed by atoms with Crippen LogP contribution in [0.25, 0.3) is 0 Å². The molecule has 8 heteroatoms. The van der Waals surface area contributed by atoms with Crippen LogP contribution in [-0.2, 0) is 20.2 Å². The maximum Gasteiger partial charge on any atom is 0.246 e. The lowest BCUT2D eigenvalue weighted by atomic mass is 9.74. The summed E-state index contributed by atoms with van der Waals surface area (Å²) in [5.41, 5.74) is 1.29. The van der Waals surface area contributed by atoms with Crippen molar-refractivity contribution in [1.29, 1.82) is 0 Å². The maximum atomic E-state index is 13.3. The number of rotatable bonds is 4. The lowest BCUT2D eigenvalue weighted by Crippen LogP contribution is -2.50. The monoisotopic (exact) mass is 434 g/mol. The number of sulfonamides is 1. The summed E-state index contributed by atoms with van der Waals surface area (Å²) in [7, 11) is -2.36. The SMILES string of the molecule is CCN1C(=O)C2(CCN(S(=O)(=O)c3cc(Cl)ccc3OC)CC2)c2ccccc21.